The predicted molar refractivity (Wildman–Crippen MR) is 89.0 cm³/mol. The molecule has 0 saturated heterocycles. The lowest BCUT2D eigenvalue weighted by Crippen LogP contribution is -2.09. The first kappa shape index (κ1) is 15.6. The topological polar surface area (TPSA) is 91.8 Å². The number of carbonyl (C=O) groups is 1. The number of esters is 1. The van der Waals surface area contributed by atoms with Crippen LogP contribution in [0.25, 0.3) is 11.0 Å². The van der Waals surface area contributed by atoms with Crippen molar-refractivity contribution in [3.05, 3.63) is 70.1 Å². The number of hydrogen-bond donors (Lipinski definition) is 1. The second-order valence-corrected chi connectivity index (χ2v) is 5.12. The Balaban J connectivity index is 1.91. The molecule has 2 N–H and O–H groups in total. The molecule has 3 rings (SSSR count). The molecular formula is C18H15NO5. The number of rotatable bonds is 4. The summed E-state index contributed by atoms with van der Waals surface area (Å²) in [4.78, 5) is 23.8. The zero-order chi connectivity index (χ0) is 17.1. The van der Waals surface area contributed by atoms with Crippen molar-refractivity contribution >= 4 is 22.6 Å². The van der Waals surface area contributed by atoms with Crippen molar-refractivity contribution in [2.45, 2.75) is 6.61 Å². The highest BCUT2D eigenvalue weighted by Crippen LogP contribution is 2.23. The minimum absolute atomic E-state index is 0.0809. The maximum absolute atomic E-state index is 12.2. The van der Waals surface area contributed by atoms with Crippen LogP contribution in [-0.2, 0) is 11.3 Å². The quantitative estimate of drug-likeness (QED) is 0.450. The van der Waals surface area contributed by atoms with Gasteiger partial charge in [0.25, 0.3) is 0 Å². The summed E-state index contributed by atoms with van der Waals surface area (Å²) in [7, 11) is 1.54. The number of carbonyl (C=O) groups excluding carboxylic acids is 1. The summed E-state index contributed by atoms with van der Waals surface area (Å²) in [5, 5.41) is 0.641. The maximum atomic E-state index is 12.2. The van der Waals surface area contributed by atoms with Crippen LogP contribution in [-0.4, -0.2) is 13.1 Å². The summed E-state index contributed by atoms with van der Waals surface area (Å²) in [6.45, 7) is -0.0809. The van der Waals surface area contributed by atoms with E-state index in [9.17, 15) is 9.59 Å². The van der Waals surface area contributed by atoms with E-state index in [4.69, 9.17) is 19.6 Å². The molecule has 0 spiro atoms. The van der Waals surface area contributed by atoms with Gasteiger partial charge >= 0.3 is 11.6 Å². The zero-order valence-electron chi connectivity index (χ0n) is 12.9. The zero-order valence-corrected chi connectivity index (χ0v) is 12.9. The van der Waals surface area contributed by atoms with Crippen LogP contribution < -0.4 is 16.1 Å². The number of fused-ring (bicyclic) bond motifs is 1. The number of para-hydroxylation sites is 1. The monoisotopic (exact) mass is 325 g/mol. The molecule has 1 heterocycles. The van der Waals surface area contributed by atoms with E-state index in [1.54, 1.807) is 42.5 Å². The molecule has 6 heteroatoms. The number of nitrogen functional groups attached to an aromatic ring is 1. The lowest BCUT2D eigenvalue weighted by atomic mass is 10.1. The fraction of sp³-hybridized carbons (Fsp3) is 0.111. The molecule has 0 saturated carbocycles. The summed E-state index contributed by atoms with van der Waals surface area (Å²) >= 11 is 0. The molecule has 122 valence electrons. The Labute approximate surface area is 137 Å². The van der Waals surface area contributed by atoms with Gasteiger partial charge in [0, 0.05) is 22.7 Å². The Kier molecular flexibility index (Phi) is 4.20. The van der Waals surface area contributed by atoms with Crippen molar-refractivity contribution < 1.29 is 18.7 Å². The first-order valence-corrected chi connectivity index (χ1v) is 7.21. The van der Waals surface area contributed by atoms with E-state index >= 15 is 0 Å². The molecule has 24 heavy (non-hydrogen) atoms. The van der Waals surface area contributed by atoms with E-state index in [1.165, 1.54) is 13.2 Å². The third kappa shape index (κ3) is 3.08. The molecule has 0 unspecified atom stereocenters. The minimum atomic E-state index is -0.558. The molecule has 0 bridgehead atoms. The second-order valence-electron chi connectivity index (χ2n) is 5.12. The number of nitrogens with two attached hydrogens (primary N) is 1. The van der Waals surface area contributed by atoms with E-state index in [1.807, 2.05) is 0 Å². The first-order valence-electron chi connectivity index (χ1n) is 7.21. The van der Waals surface area contributed by atoms with Crippen LogP contribution in [0.3, 0.4) is 0 Å². The Hall–Kier alpha value is -3.28. The standard InChI is InChI=1S/C18H15NO5/c1-22-12-6-7-16-14(9-12)11(8-17(20)24-16)10-23-18(21)13-4-2-3-5-15(13)19/h2-9H,10,19H2,1H3. The average molecular weight is 325 g/mol. The van der Waals surface area contributed by atoms with Crippen LogP contribution >= 0.6 is 0 Å². The minimum Gasteiger partial charge on any atom is -0.497 e. The number of methoxy groups -OCH3 is 1. The SMILES string of the molecule is COc1ccc2oc(=O)cc(COC(=O)c3ccccc3N)c2c1. The van der Waals surface area contributed by atoms with Gasteiger partial charge in [0.2, 0.25) is 0 Å². The number of ether oxygens (including phenoxy) is 2. The second kappa shape index (κ2) is 6.45. The fourth-order valence-corrected chi connectivity index (χ4v) is 2.36. The highest BCUT2D eigenvalue weighted by atomic mass is 16.5. The molecule has 0 atom stereocenters. The van der Waals surface area contributed by atoms with Crippen molar-refractivity contribution in [3.63, 3.8) is 0 Å². The molecule has 3 aromatic rings. The Morgan fingerprint density at radius 2 is 1.96 bits per heavy atom. The van der Waals surface area contributed by atoms with Gasteiger partial charge in [-0.25, -0.2) is 9.59 Å². The lowest BCUT2D eigenvalue weighted by molar-refractivity contribution is 0.0475. The van der Waals surface area contributed by atoms with E-state index in [2.05, 4.69) is 0 Å². The van der Waals surface area contributed by atoms with Crippen LogP contribution in [0.5, 0.6) is 5.75 Å². The van der Waals surface area contributed by atoms with Crippen LogP contribution in [0.1, 0.15) is 15.9 Å². The molecule has 0 aliphatic heterocycles. The summed E-state index contributed by atoms with van der Waals surface area (Å²) < 4.78 is 15.6. The summed E-state index contributed by atoms with van der Waals surface area (Å²) in [5.74, 6) is 0.0496. The third-order valence-corrected chi connectivity index (χ3v) is 3.57. The fourth-order valence-electron chi connectivity index (χ4n) is 2.36. The van der Waals surface area contributed by atoms with Crippen molar-refractivity contribution in [2.24, 2.45) is 0 Å². The molecule has 0 aliphatic rings. The number of benzene rings is 2. The van der Waals surface area contributed by atoms with Gasteiger partial charge in [-0.05, 0) is 30.3 Å². The largest absolute Gasteiger partial charge is 0.497 e. The summed E-state index contributed by atoms with van der Waals surface area (Å²) in [6, 6.07) is 13.0. The molecular weight excluding hydrogens is 310 g/mol. The average Bonchev–Trinajstić information content (AvgIpc) is 2.59. The highest BCUT2D eigenvalue weighted by molar-refractivity contribution is 5.95. The lowest BCUT2D eigenvalue weighted by Gasteiger charge is -2.09. The van der Waals surface area contributed by atoms with Crippen molar-refractivity contribution in [2.75, 3.05) is 12.8 Å². The van der Waals surface area contributed by atoms with Gasteiger partial charge in [-0.15, -0.1) is 0 Å². The van der Waals surface area contributed by atoms with E-state index in [-0.39, 0.29) is 12.2 Å². The van der Waals surface area contributed by atoms with E-state index in [0.717, 1.165) is 0 Å². The van der Waals surface area contributed by atoms with Crippen LogP contribution in [0.2, 0.25) is 0 Å². The van der Waals surface area contributed by atoms with Gasteiger partial charge in [0.15, 0.2) is 0 Å². The predicted octanol–water partition coefficient (Wildman–Crippen LogP) is 2.74. The van der Waals surface area contributed by atoms with E-state index in [0.29, 0.717) is 28.0 Å². The van der Waals surface area contributed by atoms with Crippen molar-refractivity contribution in [1.29, 1.82) is 0 Å². The molecule has 0 amide bonds. The Morgan fingerprint density at radius 1 is 1.17 bits per heavy atom. The van der Waals surface area contributed by atoms with Gasteiger partial charge in [-0.3, -0.25) is 0 Å². The Bertz CT molecular complexity index is 961. The van der Waals surface area contributed by atoms with Crippen molar-refractivity contribution in [3.8, 4) is 5.75 Å². The first-order chi connectivity index (χ1) is 11.6. The van der Waals surface area contributed by atoms with Crippen LogP contribution in [0.4, 0.5) is 5.69 Å². The summed E-state index contributed by atoms with van der Waals surface area (Å²) in [6.07, 6.45) is 0. The third-order valence-electron chi connectivity index (χ3n) is 3.57. The number of hydrogen-bond acceptors (Lipinski definition) is 6. The molecule has 0 radical (unpaired) electrons. The van der Waals surface area contributed by atoms with E-state index < -0.39 is 11.6 Å². The summed E-state index contributed by atoms with van der Waals surface area (Å²) in [5.41, 5.74) is 6.79. The van der Waals surface area contributed by atoms with Gasteiger partial charge in [0.1, 0.15) is 17.9 Å². The normalized spacial score (nSPS) is 10.5. The molecule has 1 aromatic heterocycles. The highest BCUT2D eigenvalue weighted by Gasteiger charge is 2.13. The Morgan fingerprint density at radius 3 is 2.71 bits per heavy atom. The number of anilines is 1. The molecule has 0 aliphatic carbocycles. The molecule has 6 nitrogen and oxygen atoms in total. The van der Waals surface area contributed by atoms with Crippen LogP contribution in [0.15, 0.2) is 57.7 Å². The van der Waals surface area contributed by atoms with Gasteiger partial charge in [0.05, 0.1) is 12.7 Å². The smallest absolute Gasteiger partial charge is 0.340 e. The molecule has 2 aromatic carbocycles. The van der Waals surface area contributed by atoms with Gasteiger partial charge in [-0.1, -0.05) is 12.1 Å². The van der Waals surface area contributed by atoms with Crippen LogP contribution in [0, 0.1) is 0 Å². The molecule has 0 fully saturated rings. The van der Waals surface area contributed by atoms with Gasteiger partial charge in [-0.2, -0.15) is 0 Å². The van der Waals surface area contributed by atoms with Gasteiger partial charge < -0.3 is 19.6 Å². The van der Waals surface area contributed by atoms with Crippen molar-refractivity contribution in [1.82, 2.24) is 0 Å². The maximum Gasteiger partial charge on any atom is 0.340 e.